The Labute approximate surface area is 180 Å². The van der Waals surface area contributed by atoms with Gasteiger partial charge in [-0.1, -0.05) is 32.1 Å². The first-order valence-electron chi connectivity index (χ1n) is 10.6. The summed E-state index contributed by atoms with van der Waals surface area (Å²) in [6, 6.07) is -0.391. The maximum absolute atomic E-state index is 12.2. The molecule has 1 N–H and O–H groups in total. The maximum atomic E-state index is 12.2. The van der Waals surface area contributed by atoms with E-state index in [4.69, 9.17) is 13.1 Å². The molecule has 0 radical (unpaired) electrons. The number of ether oxygens (including phenoxy) is 1. The quantitative estimate of drug-likeness (QED) is 0.315. The molecule has 8 heteroatoms. The highest BCUT2D eigenvalue weighted by atomic mass is 32.2. The van der Waals surface area contributed by atoms with Crippen molar-refractivity contribution in [1.82, 2.24) is 5.32 Å². The van der Waals surface area contributed by atoms with Crippen molar-refractivity contribution in [3.8, 4) is 0 Å². The molecule has 2 unspecified atom stereocenters. The normalized spacial score (nSPS) is 47.4. The molecule has 0 aromatic heterocycles. The second-order valence-corrected chi connectivity index (χ2v) is 10.6. The van der Waals surface area contributed by atoms with E-state index in [-0.39, 0.29) is 29.3 Å². The lowest BCUT2D eigenvalue weighted by Crippen LogP contribution is -2.65. The molecular formula is C22H31NO6S. The molecule has 7 nitrogen and oxygen atoms in total. The summed E-state index contributed by atoms with van der Waals surface area (Å²) in [5.74, 6) is 0.148. The molecule has 4 fully saturated rings. The van der Waals surface area contributed by atoms with Crippen LogP contribution in [0.4, 0.5) is 0 Å². The number of nitrogens with one attached hydrogen (secondary N) is 1. The van der Waals surface area contributed by atoms with E-state index in [0.29, 0.717) is 30.9 Å². The highest BCUT2D eigenvalue weighted by Gasteiger charge is 2.65. The van der Waals surface area contributed by atoms with Crippen LogP contribution in [0.25, 0.3) is 0 Å². The van der Waals surface area contributed by atoms with E-state index in [1.54, 1.807) is 0 Å². The topological polar surface area (TPSA) is 90.9 Å². The fraction of sp³-hybridized carbons (Fsp3) is 0.727. The van der Waals surface area contributed by atoms with E-state index in [0.717, 1.165) is 25.7 Å². The number of amides is 1. The first-order chi connectivity index (χ1) is 14.1. The van der Waals surface area contributed by atoms with Gasteiger partial charge < -0.3 is 10.1 Å². The van der Waals surface area contributed by atoms with Crippen LogP contribution in [0.3, 0.4) is 0 Å². The van der Waals surface area contributed by atoms with Gasteiger partial charge >= 0.3 is 17.3 Å². The number of esters is 1. The van der Waals surface area contributed by atoms with Crippen molar-refractivity contribution in [2.75, 3.05) is 13.2 Å². The molecular weight excluding hydrogens is 406 g/mol. The number of rotatable bonds is 4. The highest BCUT2D eigenvalue weighted by Crippen LogP contribution is 2.66. The molecule has 4 aliphatic rings. The molecule has 2 aliphatic carbocycles. The number of allylic oxidation sites excluding steroid dienone is 2. The van der Waals surface area contributed by atoms with Crippen molar-refractivity contribution in [3.05, 3.63) is 23.8 Å². The van der Waals surface area contributed by atoms with Crippen molar-refractivity contribution in [2.45, 2.75) is 64.5 Å². The largest absolute Gasteiger partial charge is 0.460 e. The van der Waals surface area contributed by atoms with Crippen molar-refractivity contribution >= 4 is 23.7 Å². The van der Waals surface area contributed by atoms with E-state index < -0.39 is 23.0 Å². The first-order valence-corrected chi connectivity index (χ1v) is 11.6. The molecule has 0 aromatic rings. The molecule has 2 heterocycles. The van der Waals surface area contributed by atoms with Crippen LogP contribution < -0.4 is 5.32 Å². The van der Waals surface area contributed by atoms with Crippen LogP contribution in [0.2, 0.25) is 0 Å². The van der Waals surface area contributed by atoms with Crippen LogP contribution in [-0.4, -0.2) is 41.4 Å². The van der Waals surface area contributed by atoms with Gasteiger partial charge in [0.05, 0.1) is 23.8 Å². The van der Waals surface area contributed by atoms with Gasteiger partial charge in [0.25, 0.3) is 0 Å². The Kier molecular flexibility index (Phi) is 5.48. The van der Waals surface area contributed by atoms with E-state index in [1.807, 2.05) is 6.08 Å². The van der Waals surface area contributed by atoms with E-state index in [1.165, 1.54) is 5.57 Å². The van der Waals surface area contributed by atoms with Gasteiger partial charge in [-0.3, -0.25) is 13.2 Å². The lowest BCUT2D eigenvalue weighted by Gasteiger charge is -2.64. The summed E-state index contributed by atoms with van der Waals surface area (Å²) in [7, 11) is 0. The smallest absolute Gasteiger partial charge is 0.336 e. The molecule has 1 amide bonds. The third-order valence-electron chi connectivity index (χ3n) is 8.50. The summed E-state index contributed by atoms with van der Waals surface area (Å²) in [4.78, 5) is 23.0. The molecule has 2 saturated carbocycles. The zero-order valence-corrected chi connectivity index (χ0v) is 18.7. The van der Waals surface area contributed by atoms with Crippen molar-refractivity contribution in [3.63, 3.8) is 0 Å². The third-order valence-corrected chi connectivity index (χ3v) is 9.31. The number of cyclic esters (lactones) is 1. The minimum Gasteiger partial charge on any atom is -0.460 e. The van der Waals surface area contributed by atoms with Crippen LogP contribution in [0.1, 0.15) is 52.9 Å². The Morgan fingerprint density at radius 1 is 1.30 bits per heavy atom. The Hall–Kier alpha value is -1.51. The second kappa shape index (κ2) is 7.57. The average Bonchev–Trinajstić information content (AvgIpc) is 3.03. The van der Waals surface area contributed by atoms with Gasteiger partial charge in [-0.25, -0.2) is 4.79 Å². The van der Waals surface area contributed by atoms with Gasteiger partial charge in [0.1, 0.15) is 6.61 Å². The van der Waals surface area contributed by atoms with Crippen molar-refractivity contribution < 1.29 is 26.9 Å². The van der Waals surface area contributed by atoms with Crippen LogP contribution in [0.15, 0.2) is 23.8 Å². The van der Waals surface area contributed by atoms with Crippen LogP contribution >= 0.6 is 0 Å². The predicted molar refractivity (Wildman–Crippen MR) is 111 cm³/mol. The minimum atomic E-state index is -1.69. The van der Waals surface area contributed by atoms with Gasteiger partial charge in [0, 0.05) is 5.41 Å². The fourth-order valence-corrected chi connectivity index (χ4v) is 7.40. The summed E-state index contributed by atoms with van der Waals surface area (Å²) in [6.07, 6.45) is 6.83. The van der Waals surface area contributed by atoms with E-state index in [9.17, 15) is 13.8 Å². The Balaban J connectivity index is 1.63. The average molecular weight is 438 g/mol. The SMILES string of the molecule is C=C1CC[C@H]2[C@@](C)(CC[C@@]3(C)OS(=O)OC[C@@]23C)[C@@H]1C/C=C1/C(=O)OCC1NC=O. The number of carbonyl (C=O) groups excluding carboxylic acids is 2. The van der Waals surface area contributed by atoms with Crippen molar-refractivity contribution in [1.29, 1.82) is 0 Å². The molecule has 0 aromatic carbocycles. The minimum absolute atomic E-state index is 0.0394. The molecule has 2 aliphatic heterocycles. The molecule has 7 atom stereocenters. The van der Waals surface area contributed by atoms with Gasteiger partial charge in [0.2, 0.25) is 6.41 Å². The number of hydrogen-bond acceptors (Lipinski definition) is 6. The molecule has 2 saturated heterocycles. The van der Waals surface area contributed by atoms with Gasteiger partial charge in [0.15, 0.2) is 0 Å². The van der Waals surface area contributed by atoms with Crippen LogP contribution in [-0.2, 0) is 34.1 Å². The van der Waals surface area contributed by atoms with Gasteiger partial charge in [-0.2, -0.15) is 4.21 Å². The second-order valence-electron chi connectivity index (χ2n) is 9.84. The highest BCUT2D eigenvalue weighted by molar-refractivity contribution is 7.75. The Morgan fingerprint density at radius 2 is 2.07 bits per heavy atom. The van der Waals surface area contributed by atoms with E-state index >= 15 is 0 Å². The maximum Gasteiger partial charge on any atom is 0.336 e. The Morgan fingerprint density at radius 3 is 2.80 bits per heavy atom. The standard InChI is InChI=1S/C22H31NO6S/c1-14-5-8-18-20(2,9-10-22(4)21(18,3)12-28-30(26)29-22)16(14)7-6-15-17(23-13-24)11-27-19(15)25/h6,13,16-18H,1,5,7-12H2,2-4H3,(H,23,24)/b15-6+/t16-,17?,18+,20+,21+,22-,30?/m1/s1. The Bertz CT molecular complexity index is 826. The van der Waals surface area contributed by atoms with E-state index in [2.05, 4.69) is 32.7 Å². The zero-order chi connectivity index (χ0) is 21.7. The van der Waals surface area contributed by atoms with Crippen molar-refractivity contribution in [2.24, 2.45) is 22.7 Å². The number of fused-ring (bicyclic) bond motifs is 3. The predicted octanol–water partition coefficient (Wildman–Crippen LogP) is 2.75. The number of hydrogen-bond donors (Lipinski definition) is 1. The first kappa shape index (κ1) is 21.7. The zero-order valence-electron chi connectivity index (χ0n) is 17.9. The molecule has 0 bridgehead atoms. The fourth-order valence-electron chi connectivity index (χ4n) is 6.44. The summed E-state index contributed by atoms with van der Waals surface area (Å²) < 4.78 is 28.4. The summed E-state index contributed by atoms with van der Waals surface area (Å²) in [6.45, 7) is 11.6. The van der Waals surface area contributed by atoms with Crippen LogP contribution in [0.5, 0.6) is 0 Å². The molecule has 4 rings (SSSR count). The van der Waals surface area contributed by atoms with Gasteiger partial charge in [-0.15, -0.1) is 0 Å². The lowest BCUT2D eigenvalue weighted by atomic mass is 9.43. The summed E-state index contributed by atoms with van der Waals surface area (Å²) in [5, 5.41) is 2.66. The summed E-state index contributed by atoms with van der Waals surface area (Å²) in [5.41, 5.74) is 0.935. The lowest BCUT2D eigenvalue weighted by molar-refractivity contribution is -0.202. The van der Waals surface area contributed by atoms with Crippen LogP contribution in [0, 0.1) is 22.7 Å². The molecule has 30 heavy (non-hydrogen) atoms. The molecule has 166 valence electrons. The number of carbonyl (C=O) groups is 2. The molecule has 0 spiro atoms. The monoisotopic (exact) mass is 437 g/mol. The summed E-state index contributed by atoms with van der Waals surface area (Å²) >= 11 is -1.69. The third kappa shape index (κ3) is 3.19. The van der Waals surface area contributed by atoms with Gasteiger partial charge in [-0.05, 0) is 56.3 Å².